The van der Waals surface area contributed by atoms with Gasteiger partial charge in [0.2, 0.25) is 0 Å². The van der Waals surface area contributed by atoms with Gasteiger partial charge in [0.15, 0.2) is 17.5 Å². The highest BCUT2D eigenvalue weighted by molar-refractivity contribution is 5.85. The largest absolute Gasteiger partial charge is 0.327 e. The van der Waals surface area contributed by atoms with Crippen LogP contribution in [0.2, 0.25) is 0 Å². The molecular weight excluding hydrogens is 353 g/mol. The zero-order valence-corrected chi connectivity index (χ0v) is 14.1. The van der Waals surface area contributed by atoms with Crippen LogP contribution in [0, 0.1) is 17.5 Å². The average molecular weight is 366 g/mol. The summed E-state index contributed by atoms with van der Waals surface area (Å²) < 4.78 is 43.1. The Morgan fingerprint density at radius 3 is 2.37 bits per heavy atom. The number of halogens is 3. The Morgan fingerprint density at radius 1 is 0.852 bits per heavy atom. The van der Waals surface area contributed by atoms with E-state index < -0.39 is 17.5 Å². The molecule has 1 aliphatic rings. The van der Waals surface area contributed by atoms with Gasteiger partial charge in [0, 0.05) is 36.5 Å². The van der Waals surface area contributed by atoms with E-state index in [0.717, 1.165) is 54.1 Å². The van der Waals surface area contributed by atoms with E-state index in [-0.39, 0.29) is 5.56 Å². The van der Waals surface area contributed by atoms with Crippen molar-refractivity contribution in [2.24, 2.45) is 0 Å². The van der Waals surface area contributed by atoms with Gasteiger partial charge < -0.3 is 4.57 Å². The first-order valence-corrected chi connectivity index (χ1v) is 8.57. The first-order chi connectivity index (χ1) is 13.1. The molecule has 0 spiro atoms. The number of imidazole rings is 1. The number of fused-ring (bicyclic) bond motifs is 2. The number of benzene rings is 2. The minimum atomic E-state index is -1.48. The zero-order valence-electron chi connectivity index (χ0n) is 14.1. The van der Waals surface area contributed by atoms with Crippen LogP contribution in [0.1, 0.15) is 12.2 Å². The van der Waals surface area contributed by atoms with Crippen LogP contribution in [-0.2, 0) is 13.0 Å². The van der Waals surface area contributed by atoms with Crippen LogP contribution in [0.5, 0.6) is 0 Å². The summed E-state index contributed by atoms with van der Waals surface area (Å²) in [6.07, 6.45) is 4.97. The lowest BCUT2D eigenvalue weighted by atomic mass is 10.0. The van der Waals surface area contributed by atoms with Crippen LogP contribution in [-0.4, -0.2) is 19.5 Å². The molecule has 4 nitrogen and oxygen atoms in total. The first kappa shape index (κ1) is 16.0. The van der Waals surface area contributed by atoms with Crippen molar-refractivity contribution in [2.45, 2.75) is 19.4 Å². The van der Waals surface area contributed by atoms with Crippen LogP contribution in [0.25, 0.3) is 33.5 Å². The van der Waals surface area contributed by atoms with Crippen molar-refractivity contribution in [3.63, 3.8) is 0 Å². The van der Waals surface area contributed by atoms with Crippen LogP contribution in [0.3, 0.4) is 0 Å². The molecule has 134 valence electrons. The molecule has 0 radical (unpaired) electrons. The Balaban J connectivity index is 1.76. The molecule has 0 bridgehead atoms. The highest BCUT2D eigenvalue weighted by Gasteiger charge is 2.25. The Morgan fingerprint density at radius 2 is 1.59 bits per heavy atom. The third kappa shape index (κ3) is 2.50. The molecule has 0 saturated heterocycles. The summed E-state index contributed by atoms with van der Waals surface area (Å²) in [6.45, 7) is 0.766. The van der Waals surface area contributed by atoms with E-state index in [4.69, 9.17) is 0 Å². The van der Waals surface area contributed by atoms with Crippen LogP contribution in [0.4, 0.5) is 13.2 Å². The highest BCUT2D eigenvalue weighted by atomic mass is 19.2. The van der Waals surface area contributed by atoms with Gasteiger partial charge in [-0.25, -0.2) is 18.2 Å². The molecule has 7 heteroatoms. The van der Waals surface area contributed by atoms with Gasteiger partial charge in [-0.15, -0.1) is 0 Å². The molecule has 4 aromatic rings. The fourth-order valence-electron chi connectivity index (χ4n) is 3.62. The topological polar surface area (TPSA) is 43.6 Å². The van der Waals surface area contributed by atoms with Crippen molar-refractivity contribution < 1.29 is 13.2 Å². The van der Waals surface area contributed by atoms with Gasteiger partial charge in [-0.1, -0.05) is 6.07 Å². The van der Waals surface area contributed by atoms with E-state index in [1.807, 2.05) is 22.8 Å². The van der Waals surface area contributed by atoms with Gasteiger partial charge >= 0.3 is 0 Å². The summed E-state index contributed by atoms with van der Waals surface area (Å²) >= 11 is 0. The van der Waals surface area contributed by atoms with Crippen molar-refractivity contribution in [1.82, 2.24) is 19.5 Å². The van der Waals surface area contributed by atoms with Gasteiger partial charge in [0.25, 0.3) is 0 Å². The molecule has 3 heterocycles. The Labute approximate surface area is 152 Å². The first-order valence-electron chi connectivity index (χ1n) is 8.57. The van der Waals surface area contributed by atoms with Crippen molar-refractivity contribution in [3.8, 4) is 22.5 Å². The lowest BCUT2D eigenvalue weighted by Gasteiger charge is -2.10. The number of hydrogen-bond acceptors (Lipinski definition) is 3. The van der Waals surface area contributed by atoms with E-state index in [2.05, 4.69) is 15.0 Å². The summed E-state index contributed by atoms with van der Waals surface area (Å²) in [4.78, 5) is 13.2. The van der Waals surface area contributed by atoms with Gasteiger partial charge in [0.05, 0.1) is 22.4 Å². The Kier molecular flexibility index (Phi) is 3.50. The SMILES string of the molecule is Fc1cc(-c2nc3n(c2-c2ccc4nccnc4c2)CCC3)cc(F)c1F. The van der Waals surface area contributed by atoms with Crippen LogP contribution < -0.4 is 0 Å². The monoisotopic (exact) mass is 366 g/mol. The van der Waals surface area contributed by atoms with Crippen molar-refractivity contribution >= 4 is 11.0 Å². The minimum Gasteiger partial charge on any atom is -0.327 e. The molecule has 0 N–H and O–H groups in total. The smallest absolute Gasteiger partial charge is 0.194 e. The van der Waals surface area contributed by atoms with E-state index in [9.17, 15) is 13.2 Å². The quantitative estimate of drug-likeness (QED) is 0.490. The minimum absolute atomic E-state index is 0.211. The Bertz CT molecular complexity index is 1180. The highest BCUT2D eigenvalue weighted by Crippen LogP contribution is 2.37. The maximum atomic E-state index is 13.8. The molecule has 0 atom stereocenters. The number of aromatic nitrogens is 4. The summed E-state index contributed by atoms with van der Waals surface area (Å²) in [7, 11) is 0. The van der Waals surface area contributed by atoms with Crippen LogP contribution in [0.15, 0.2) is 42.7 Å². The van der Waals surface area contributed by atoms with Crippen LogP contribution >= 0.6 is 0 Å². The number of rotatable bonds is 2. The van der Waals surface area contributed by atoms with Gasteiger partial charge in [-0.2, -0.15) is 0 Å². The fraction of sp³-hybridized carbons (Fsp3) is 0.150. The molecule has 5 rings (SSSR count). The molecule has 0 aliphatic carbocycles. The summed E-state index contributed by atoms with van der Waals surface area (Å²) in [5.74, 6) is -3.08. The maximum absolute atomic E-state index is 13.8. The van der Waals surface area contributed by atoms with Gasteiger partial charge in [-0.3, -0.25) is 9.97 Å². The molecule has 2 aromatic heterocycles. The second-order valence-electron chi connectivity index (χ2n) is 6.49. The summed E-state index contributed by atoms with van der Waals surface area (Å²) in [6, 6.07) is 7.59. The molecule has 0 unspecified atom stereocenters. The molecule has 0 amide bonds. The molecular formula is C20H13F3N4. The molecule has 27 heavy (non-hydrogen) atoms. The average Bonchev–Trinajstić information content (AvgIpc) is 3.26. The van der Waals surface area contributed by atoms with E-state index in [1.54, 1.807) is 12.4 Å². The lowest BCUT2D eigenvalue weighted by Crippen LogP contribution is -1.98. The van der Waals surface area contributed by atoms with Crippen molar-refractivity contribution in [1.29, 1.82) is 0 Å². The van der Waals surface area contributed by atoms with E-state index in [1.165, 1.54) is 0 Å². The predicted octanol–water partition coefficient (Wildman–Crippen LogP) is 4.52. The number of aryl methyl sites for hydroxylation is 1. The standard InChI is InChI=1S/C20H13F3N4/c21-13-8-12(9-14(22)18(13)23)19-20(27-7-1-2-17(27)26-19)11-3-4-15-16(10-11)25-6-5-24-15/h3-6,8-10H,1-2,7H2. The second kappa shape index (κ2) is 5.90. The Hall–Kier alpha value is -3.22. The van der Waals surface area contributed by atoms with Crippen molar-refractivity contribution in [2.75, 3.05) is 0 Å². The molecule has 0 fully saturated rings. The number of hydrogen-bond donors (Lipinski definition) is 0. The predicted molar refractivity (Wildman–Crippen MR) is 94.4 cm³/mol. The normalized spacial score (nSPS) is 13.3. The number of nitrogens with zero attached hydrogens (tertiary/aromatic N) is 4. The summed E-state index contributed by atoms with van der Waals surface area (Å²) in [5, 5.41) is 0. The maximum Gasteiger partial charge on any atom is 0.194 e. The lowest BCUT2D eigenvalue weighted by molar-refractivity contribution is 0.447. The van der Waals surface area contributed by atoms with Gasteiger partial charge in [0.1, 0.15) is 5.82 Å². The molecule has 0 saturated carbocycles. The van der Waals surface area contributed by atoms with E-state index in [0.29, 0.717) is 11.2 Å². The molecule has 2 aromatic carbocycles. The third-order valence-electron chi connectivity index (χ3n) is 4.83. The zero-order chi connectivity index (χ0) is 18.5. The molecule has 1 aliphatic heterocycles. The fourth-order valence-corrected chi connectivity index (χ4v) is 3.62. The van der Waals surface area contributed by atoms with Crippen molar-refractivity contribution in [3.05, 3.63) is 66.0 Å². The second-order valence-corrected chi connectivity index (χ2v) is 6.49. The summed E-state index contributed by atoms with van der Waals surface area (Å²) in [5.41, 5.74) is 3.69. The van der Waals surface area contributed by atoms with E-state index >= 15 is 0 Å². The third-order valence-corrected chi connectivity index (χ3v) is 4.83. The van der Waals surface area contributed by atoms with Gasteiger partial charge in [-0.05, 0) is 30.7 Å².